The number of imidazole rings is 1. The average molecular weight is 321 g/mol. The Morgan fingerprint density at radius 2 is 2.04 bits per heavy atom. The van der Waals surface area contributed by atoms with Crippen molar-refractivity contribution >= 4 is 10.9 Å². The van der Waals surface area contributed by atoms with E-state index in [0.29, 0.717) is 10.9 Å². The van der Waals surface area contributed by atoms with Crippen LogP contribution >= 0.6 is 0 Å². The number of rotatable bonds is 4. The van der Waals surface area contributed by atoms with Crippen molar-refractivity contribution in [2.75, 3.05) is 0 Å². The number of nitrogens with one attached hydrogen (secondary N) is 1. The number of halogens is 3. The van der Waals surface area contributed by atoms with Crippen LogP contribution in [0.1, 0.15) is 11.4 Å². The molecule has 0 amide bonds. The van der Waals surface area contributed by atoms with Crippen molar-refractivity contribution in [1.29, 1.82) is 0 Å². The molecule has 0 bridgehead atoms. The van der Waals surface area contributed by atoms with Gasteiger partial charge in [-0.1, -0.05) is 24.3 Å². The summed E-state index contributed by atoms with van der Waals surface area (Å²) in [6, 6.07) is 6.49. The van der Waals surface area contributed by atoms with E-state index in [1.807, 2.05) is 0 Å². The molecular formula is C16H14F3N3O. The van der Waals surface area contributed by atoms with Gasteiger partial charge in [-0.2, -0.15) is 13.2 Å². The number of H-pyrrole nitrogens is 1. The van der Waals surface area contributed by atoms with E-state index in [9.17, 15) is 18.3 Å². The Labute approximate surface area is 129 Å². The summed E-state index contributed by atoms with van der Waals surface area (Å²) in [6.07, 6.45) is 0.275. The lowest BCUT2D eigenvalue weighted by Crippen LogP contribution is -2.45. The topological polar surface area (TPSA) is 53.8 Å². The third-order valence-corrected chi connectivity index (χ3v) is 3.75. The molecule has 4 nitrogen and oxygen atoms in total. The van der Waals surface area contributed by atoms with E-state index in [1.165, 1.54) is 35.3 Å². The Hall–Kier alpha value is -2.54. The second-order valence-electron chi connectivity index (χ2n) is 5.15. The molecule has 3 rings (SSSR count). The Morgan fingerprint density at radius 1 is 1.30 bits per heavy atom. The molecule has 2 N–H and O–H groups in total. The Morgan fingerprint density at radius 3 is 2.74 bits per heavy atom. The summed E-state index contributed by atoms with van der Waals surface area (Å²) in [5.41, 5.74) is -3.00. The van der Waals surface area contributed by atoms with Crippen molar-refractivity contribution < 1.29 is 18.3 Å². The number of alkyl halides is 3. The molecule has 3 aromatic rings. The van der Waals surface area contributed by atoms with Crippen LogP contribution in [0.25, 0.3) is 10.9 Å². The lowest BCUT2D eigenvalue weighted by Gasteiger charge is -2.30. The van der Waals surface area contributed by atoms with Crippen LogP contribution in [-0.2, 0) is 12.1 Å². The highest BCUT2D eigenvalue weighted by molar-refractivity contribution is 5.84. The van der Waals surface area contributed by atoms with Crippen LogP contribution in [0.15, 0.2) is 55.5 Å². The minimum atomic E-state index is -4.94. The van der Waals surface area contributed by atoms with E-state index in [2.05, 4.69) is 16.5 Å². The fourth-order valence-corrected chi connectivity index (χ4v) is 2.69. The zero-order valence-electron chi connectivity index (χ0n) is 12.0. The Kier molecular flexibility index (Phi) is 3.52. The number of aromatic amines is 1. The Bertz CT molecular complexity index is 849. The van der Waals surface area contributed by atoms with Gasteiger partial charge in [0.25, 0.3) is 0 Å². The van der Waals surface area contributed by atoms with Gasteiger partial charge in [-0.3, -0.25) is 0 Å². The molecule has 0 aliphatic heterocycles. The highest BCUT2D eigenvalue weighted by Gasteiger charge is 2.60. The molecular weight excluding hydrogens is 307 g/mol. The van der Waals surface area contributed by atoms with E-state index in [4.69, 9.17) is 0 Å². The second-order valence-corrected chi connectivity index (χ2v) is 5.15. The fraction of sp³-hybridized carbons (Fsp3) is 0.188. The van der Waals surface area contributed by atoms with E-state index < -0.39 is 17.6 Å². The van der Waals surface area contributed by atoms with Gasteiger partial charge in [0.15, 0.2) is 5.82 Å². The predicted molar refractivity (Wildman–Crippen MR) is 79.8 cm³/mol. The van der Waals surface area contributed by atoms with Crippen LogP contribution in [-0.4, -0.2) is 25.8 Å². The third-order valence-electron chi connectivity index (χ3n) is 3.75. The molecule has 0 spiro atoms. The van der Waals surface area contributed by atoms with Crippen molar-refractivity contribution in [2.45, 2.75) is 18.3 Å². The number of allylic oxidation sites excluding steroid dienone is 1. The van der Waals surface area contributed by atoms with Crippen LogP contribution in [0.2, 0.25) is 0 Å². The number of hydrogen-bond donors (Lipinski definition) is 2. The van der Waals surface area contributed by atoms with Gasteiger partial charge in [0.2, 0.25) is 5.60 Å². The monoisotopic (exact) mass is 321 g/mol. The first kappa shape index (κ1) is 15.4. The number of fused-ring (bicyclic) bond motifs is 1. The molecule has 0 aliphatic rings. The van der Waals surface area contributed by atoms with E-state index in [0.717, 1.165) is 0 Å². The summed E-state index contributed by atoms with van der Waals surface area (Å²) >= 11 is 0. The van der Waals surface area contributed by atoms with Crippen molar-refractivity contribution in [2.24, 2.45) is 0 Å². The van der Waals surface area contributed by atoms with E-state index in [1.54, 1.807) is 18.2 Å². The SMILES string of the molecule is C=CCn1ccnc1[C@](O)(c1c[nH]c2ccccc12)C(F)(F)F. The summed E-state index contributed by atoms with van der Waals surface area (Å²) in [7, 11) is 0. The molecule has 0 aliphatic carbocycles. The second kappa shape index (κ2) is 5.27. The molecule has 7 heteroatoms. The van der Waals surface area contributed by atoms with Crippen LogP contribution in [0.5, 0.6) is 0 Å². The fourth-order valence-electron chi connectivity index (χ4n) is 2.69. The van der Waals surface area contributed by atoms with E-state index >= 15 is 0 Å². The number of aromatic nitrogens is 3. The van der Waals surface area contributed by atoms with Gasteiger partial charge >= 0.3 is 6.18 Å². The first-order valence-electron chi connectivity index (χ1n) is 6.87. The Balaban J connectivity index is 2.30. The number of nitrogens with zero attached hydrogens (tertiary/aromatic N) is 2. The van der Waals surface area contributed by atoms with Gasteiger partial charge in [0.05, 0.1) is 0 Å². The summed E-state index contributed by atoms with van der Waals surface area (Å²) in [6.45, 7) is 3.62. The van der Waals surface area contributed by atoms with Gasteiger partial charge in [0.1, 0.15) is 0 Å². The van der Waals surface area contributed by atoms with Gasteiger partial charge in [-0.15, -0.1) is 6.58 Å². The molecule has 2 heterocycles. The first-order valence-corrected chi connectivity index (χ1v) is 6.87. The smallest absolute Gasteiger partial charge is 0.370 e. The molecule has 2 aromatic heterocycles. The van der Waals surface area contributed by atoms with E-state index in [-0.39, 0.29) is 12.1 Å². The summed E-state index contributed by atoms with van der Waals surface area (Å²) in [5, 5.41) is 11.0. The standard InChI is InChI=1S/C16H14F3N3O/c1-2-8-22-9-7-20-14(22)15(23,16(17,18)19)12-10-21-13-6-4-3-5-11(12)13/h2-7,9-10,21,23H,1,8H2/t15-/m1/s1. The molecule has 120 valence electrons. The van der Waals surface area contributed by atoms with Gasteiger partial charge in [-0.25, -0.2) is 4.98 Å². The lowest BCUT2D eigenvalue weighted by atomic mass is 9.91. The summed E-state index contributed by atoms with van der Waals surface area (Å²) in [4.78, 5) is 6.53. The van der Waals surface area contributed by atoms with Crippen LogP contribution in [0, 0.1) is 0 Å². The average Bonchev–Trinajstić information content (AvgIpc) is 3.12. The first-order chi connectivity index (χ1) is 10.9. The van der Waals surface area contributed by atoms with Crippen LogP contribution in [0.4, 0.5) is 13.2 Å². The molecule has 23 heavy (non-hydrogen) atoms. The largest absolute Gasteiger partial charge is 0.428 e. The molecule has 0 unspecified atom stereocenters. The number of hydrogen-bond acceptors (Lipinski definition) is 2. The highest BCUT2D eigenvalue weighted by atomic mass is 19.4. The molecule has 0 saturated carbocycles. The predicted octanol–water partition coefficient (Wildman–Crippen LogP) is 3.35. The number of para-hydroxylation sites is 1. The van der Waals surface area contributed by atoms with Crippen molar-refractivity contribution in [3.63, 3.8) is 0 Å². The minimum Gasteiger partial charge on any atom is -0.370 e. The van der Waals surface area contributed by atoms with Crippen molar-refractivity contribution in [3.05, 3.63) is 66.9 Å². The number of benzene rings is 1. The maximum atomic E-state index is 13.8. The number of aliphatic hydroxyl groups is 1. The van der Waals surface area contributed by atoms with Crippen molar-refractivity contribution in [1.82, 2.24) is 14.5 Å². The quantitative estimate of drug-likeness (QED) is 0.724. The van der Waals surface area contributed by atoms with Gasteiger partial charge in [-0.05, 0) is 6.07 Å². The lowest BCUT2D eigenvalue weighted by molar-refractivity contribution is -0.251. The summed E-state index contributed by atoms with van der Waals surface area (Å²) < 4.78 is 42.7. The molecule has 1 atom stereocenters. The van der Waals surface area contributed by atoms with Gasteiger partial charge in [0, 0.05) is 41.6 Å². The molecule has 0 saturated heterocycles. The minimum absolute atomic E-state index is 0.107. The zero-order valence-corrected chi connectivity index (χ0v) is 12.0. The maximum absolute atomic E-state index is 13.8. The highest BCUT2D eigenvalue weighted by Crippen LogP contribution is 2.45. The van der Waals surface area contributed by atoms with Crippen LogP contribution < -0.4 is 0 Å². The maximum Gasteiger partial charge on any atom is 0.428 e. The zero-order chi connectivity index (χ0) is 16.7. The van der Waals surface area contributed by atoms with Crippen LogP contribution in [0.3, 0.4) is 0 Å². The normalized spacial score (nSPS) is 14.8. The van der Waals surface area contributed by atoms with Crippen molar-refractivity contribution in [3.8, 4) is 0 Å². The molecule has 1 aromatic carbocycles. The van der Waals surface area contributed by atoms with Gasteiger partial charge < -0.3 is 14.7 Å². The molecule has 0 fully saturated rings. The third kappa shape index (κ3) is 2.24. The summed E-state index contributed by atoms with van der Waals surface area (Å²) in [5.74, 6) is -0.491. The molecule has 0 radical (unpaired) electrons.